The van der Waals surface area contributed by atoms with Gasteiger partial charge in [0, 0.05) is 45.0 Å². The summed E-state index contributed by atoms with van der Waals surface area (Å²) >= 11 is 0. The number of nitro groups is 1. The van der Waals surface area contributed by atoms with Crippen molar-refractivity contribution in [2.45, 2.75) is 37.1 Å². The average Bonchev–Trinajstić information content (AvgIpc) is 2.79. The van der Waals surface area contributed by atoms with Gasteiger partial charge in [0.15, 0.2) is 0 Å². The van der Waals surface area contributed by atoms with Crippen LogP contribution >= 0.6 is 0 Å². The van der Waals surface area contributed by atoms with E-state index in [0.29, 0.717) is 11.3 Å². The van der Waals surface area contributed by atoms with E-state index in [9.17, 15) is 23.3 Å². The van der Waals surface area contributed by atoms with Crippen molar-refractivity contribution < 1.29 is 18.1 Å². The molecule has 1 unspecified atom stereocenters. The van der Waals surface area contributed by atoms with Gasteiger partial charge in [-0.1, -0.05) is 12.1 Å². The van der Waals surface area contributed by atoms with Crippen LogP contribution in [0.15, 0.2) is 47.4 Å². The van der Waals surface area contributed by atoms with Gasteiger partial charge in [0.25, 0.3) is 11.6 Å². The monoisotopic (exact) mass is 460 g/mol. The van der Waals surface area contributed by atoms with Gasteiger partial charge in [-0.3, -0.25) is 14.9 Å². The number of rotatable bonds is 7. The number of hydrogen-bond donors (Lipinski definition) is 1. The van der Waals surface area contributed by atoms with Crippen molar-refractivity contribution in [1.82, 2.24) is 9.62 Å². The summed E-state index contributed by atoms with van der Waals surface area (Å²) in [5.41, 5.74) is 1.49. The molecule has 2 aromatic carbocycles. The minimum atomic E-state index is -3.72. The van der Waals surface area contributed by atoms with Crippen molar-refractivity contribution in [2.75, 3.05) is 32.1 Å². The maximum absolute atomic E-state index is 13.3. The molecule has 32 heavy (non-hydrogen) atoms. The third kappa shape index (κ3) is 5.08. The predicted octanol–water partition coefficient (Wildman–Crippen LogP) is 3.33. The predicted molar refractivity (Wildman–Crippen MR) is 122 cm³/mol. The lowest BCUT2D eigenvalue weighted by atomic mass is 10.0. The van der Waals surface area contributed by atoms with Gasteiger partial charge < -0.3 is 10.2 Å². The third-order valence-electron chi connectivity index (χ3n) is 5.62. The van der Waals surface area contributed by atoms with Crippen LogP contribution in [0.5, 0.6) is 0 Å². The molecule has 1 saturated heterocycles. The summed E-state index contributed by atoms with van der Waals surface area (Å²) in [7, 11) is -0.831. The summed E-state index contributed by atoms with van der Waals surface area (Å²) in [5, 5.41) is 13.9. The maximum Gasteiger partial charge on any atom is 0.269 e. The number of sulfonamides is 1. The van der Waals surface area contributed by atoms with E-state index in [-0.39, 0.29) is 16.1 Å². The van der Waals surface area contributed by atoms with E-state index in [4.69, 9.17) is 0 Å². The zero-order valence-corrected chi connectivity index (χ0v) is 19.3. The molecule has 1 fully saturated rings. The molecule has 1 N–H and O–H groups in total. The molecular weight excluding hydrogens is 432 g/mol. The largest absolute Gasteiger partial charge is 0.371 e. The van der Waals surface area contributed by atoms with Crippen molar-refractivity contribution in [3.63, 3.8) is 0 Å². The Balaban J connectivity index is 1.96. The summed E-state index contributed by atoms with van der Waals surface area (Å²) in [5.74, 6) is -0.430. The number of nitrogens with one attached hydrogen (secondary N) is 1. The fourth-order valence-corrected chi connectivity index (χ4v) is 4.67. The summed E-state index contributed by atoms with van der Waals surface area (Å²) in [6.45, 7) is 3.32. The van der Waals surface area contributed by atoms with Crippen LogP contribution in [-0.4, -0.2) is 50.7 Å². The zero-order valence-electron chi connectivity index (χ0n) is 18.4. The normalized spacial score (nSPS) is 15.4. The van der Waals surface area contributed by atoms with E-state index in [2.05, 4.69) is 10.2 Å². The number of anilines is 1. The molecule has 1 atom stereocenters. The number of carbonyl (C=O) groups is 1. The highest BCUT2D eigenvalue weighted by molar-refractivity contribution is 7.89. The van der Waals surface area contributed by atoms with Gasteiger partial charge in [-0.05, 0) is 49.9 Å². The molecule has 1 amide bonds. The van der Waals surface area contributed by atoms with Gasteiger partial charge in [0.2, 0.25) is 10.0 Å². The second-order valence-electron chi connectivity index (χ2n) is 8.06. The molecule has 3 rings (SSSR count). The molecule has 1 heterocycles. The SMILES string of the molecule is CC(NC(=O)c1cc(S(=O)(=O)N(C)C)ccc1N1CCCCC1)c1cccc([N+](=O)[O-])c1. The van der Waals surface area contributed by atoms with E-state index < -0.39 is 26.9 Å². The lowest BCUT2D eigenvalue weighted by Crippen LogP contribution is -2.34. The van der Waals surface area contributed by atoms with E-state index in [0.717, 1.165) is 36.7 Å². The second-order valence-corrected chi connectivity index (χ2v) is 10.2. The van der Waals surface area contributed by atoms with Crippen molar-refractivity contribution in [3.8, 4) is 0 Å². The number of piperidine rings is 1. The van der Waals surface area contributed by atoms with Crippen molar-refractivity contribution in [1.29, 1.82) is 0 Å². The van der Waals surface area contributed by atoms with Crippen molar-refractivity contribution in [3.05, 3.63) is 63.7 Å². The molecule has 0 saturated carbocycles. The molecular formula is C22H28N4O5S. The molecule has 0 aromatic heterocycles. The molecule has 10 heteroatoms. The quantitative estimate of drug-likeness (QED) is 0.501. The fraction of sp³-hybridized carbons (Fsp3) is 0.409. The number of nitrogens with zero attached hydrogens (tertiary/aromatic N) is 3. The molecule has 2 aromatic rings. The molecule has 1 aliphatic rings. The van der Waals surface area contributed by atoms with Crippen LogP contribution < -0.4 is 10.2 Å². The van der Waals surface area contributed by atoms with Gasteiger partial charge >= 0.3 is 0 Å². The van der Waals surface area contributed by atoms with Crippen LogP contribution in [-0.2, 0) is 10.0 Å². The fourth-order valence-electron chi connectivity index (χ4n) is 3.74. The Morgan fingerprint density at radius 3 is 2.44 bits per heavy atom. The highest BCUT2D eigenvalue weighted by atomic mass is 32.2. The van der Waals surface area contributed by atoms with Crippen LogP contribution in [0, 0.1) is 10.1 Å². The Morgan fingerprint density at radius 2 is 1.81 bits per heavy atom. The van der Waals surface area contributed by atoms with Gasteiger partial charge in [0.05, 0.1) is 21.4 Å². The smallest absolute Gasteiger partial charge is 0.269 e. The standard InChI is InChI=1S/C22H28N4O5S/c1-16(17-8-7-9-18(14-17)26(28)29)23-22(27)20-15-19(32(30,31)24(2)3)10-11-21(20)25-12-5-4-6-13-25/h7-11,14-16H,4-6,12-13H2,1-3H3,(H,23,27). The van der Waals surface area contributed by atoms with Crippen LogP contribution in [0.1, 0.15) is 48.1 Å². The van der Waals surface area contributed by atoms with Gasteiger partial charge in [-0.2, -0.15) is 0 Å². The summed E-state index contributed by atoms with van der Waals surface area (Å²) < 4.78 is 26.4. The number of nitro benzene ring substituents is 1. The molecule has 0 aliphatic carbocycles. The maximum atomic E-state index is 13.3. The summed E-state index contributed by atoms with van der Waals surface area (Å²) in [4.78, 5) is 26.0. The highest BCUT2D eigenvalue weighted by Crippen LogP contribution is 2.29. The van der Waals surface area contributed by atoms with Crippen molar-refractivity contribution >= 4 is 27.3 Å². The average molecular weight is 461 g/mol. The number of carbonyl (C=O) groups excluding carboxylic acids is 1. The Bertz CT molecular complexity index is 1110. The number of benzene rings is 2. The first-order chi connectivity index (χ1) is 15.1. The van der Waals surface area contributed by atoms with E-state index in [1.54, 1.807) is 25.1 Å². The Morgan fingerprint density at radius 1 is 1.12 bits per heavy atom. The van der Waals surface area contributed by atoms with Gasteiger partial charge in [0.1, 0.15) is 0 Å². The molecule has 9 nitrogen and oxygen atoms in total. The van der Waals surface area contributed by atoms with Crippen LogP contribution in [0.25, 0.3) is 0 Å². The van der Waals surface area contributed by atoms with Crippen LogP contribution in [0.3, 0.4) is 0 Å². The number of hydrogen-bond acceptors (Lipinski definition) is 6. The number of amides is 1. The lowest BCUT2D eigenvalue weighted by Gasteiger charge is -2.31. The van der Waals surface area contributed by atoms with Crippen LogP contribution in [0.2, 0.25) is 0 Å². The molecule has 0 spiro atoms. The lowest BCUT2D eigenvalue weighted by molar-refractivity contribution is -0.384. The minimum Gasteiger partial charge on any atom is -0.371 e. The van der Waals surface area contributed by atoms with Crippen LogP contribution in [0.4, 0.5) is 11.4 Å². The first kappa shape index (κ1) is 23.7. The van der Waals surface area contributed by atoms with Gasteiger partial charge in [-0.25, -0.2) is 12.7 Å². The summed E-state index contributed by atoms with van der Waals surface area (Å²) in [6.07, 6.45) is 3.13. The van der Waals surface area contributed by atoms with E-state index in [1.807, 2.05) is 0 Å². The Labute approximate surface area is 188 Å². The Hall–Kier alpha value is -2.98. The second kappa shape index (κ2) is 9.66. The first-order valence-corrected chi connectivity index (χ1v) is 11.9. The molecule has 172 valence electrons. The Kier molecular flexibility index (Phi) is 7.15. The molecule has 0 bridgehead atoms. The van der Waals surface area contributed by atoms with Gasteiger partial charge in [-0.15, -0.1) is 0 Å². The van der Waals surface area contributed by atoms with Crippen molar-refractivity contribution in [2.24, 2.45) is 0 Å². The molecule has 1 aliphatic heterocycles. The zero-order chi connectivity index (χ0) is 23.5. The number of non-ortho nitro benzene ring substituents is 1. The molecule has 0 radical (unpaired) electrons. The minimum absolute atomic E-state index is 0.0383. The topological polar surface area (TPSA) is 113 Å². The first-order valence-electron chi connectivity index (χ1n) is 10.5. The summed E-state index contributed by atoms with van der Waals surface area (Å²) in [6, 6.07) is 10.2. The van der Waals surface area contributed by atoms with E-state index >= 15 is 0 Å². The highest BCUT2D eigenvalue weighted by Gasteiger charge is 2.25. The van der Waals surface area contributed by atoms with E-state index in [1.165, 1.54) is 38.4 Å². The third-order valence-corrected chi connectivity index (χ3v) is 7.43.